The van der Waals surface area contributed by atoms with Gasteiger partial charge in [-0.3, -0.25) is 4.79 Å². The summed E-state index contributed by atoms with van der Waals surface area (Å²) in [4.78, 5) is 17.2. The summed E-state index contributed by atoms with van der Waals surface area (Å²) in [6.07, 6.45) is 4.85. The first-order chi connectivity index (χ1) is 12.7. The first-order valence-electron chi connectivity index (χ1n) is 9.73. The van der Waals surface area contributed by atoms with Crippen molar-refractivity contribution in [3.63, 3.8) is 0 Å². The van der Waals surface area contributed by atoms with Crippen molar-refractivity contribution in [1.29, 1.82) is 0 Å². The molecule has 4 rings (SSSR count). The van der Waals surface area contributed by atoms with Crippen molar-refractivity contribution in [1.82, 2.24) is 0 Å². The van der Waals surface area contributed by atoms with Gasteiger partial charge in [-0.15, -0.1) is 0 Å². The maximum absolute atomic E-state index is 12.9. The molecule has 2 aromatic rings. The third kappa shape index (κ3) is 3.41. The average Bonchev–Trinajstić information content (AvgIpc) is 3.13. The summed E-state index contributed by atoms with van der Waals surface area (Å²) in [5.41, 5.74) is 4.60. The van der Waals surface area contributed by atoms with Crippen LogP contribution < -0.4 is 15.1 Å². The lowest BCUT2D eigenvalue weighted by molar-refractivity contribution is -0.118. The molecule has 1 atom stereocenters. The molecule has 0 aliphatic carbocycles. The average molecular weight is 349 g/mol. The van der Waals surface area contributed by atoms with Crippen molar-refractivity contribution in [3.05, 3.63) is 54.1 Å². The van der Waals surface area contributed by atoms with Crippen LogP contribution in [-0.4, -0.2) is 31.6 Å². The third-order valence-corrected chi connectivity index (χ3v) is 5.50. The highest BCUT2D eigenvalue weighted by atomic mass is 16.2. The number of carbonyl (C=O) groups is 1. The van der Waals surface area contributed by atoms with Crippen LogP contribution in [0.5, 0.6) is 0 Å². The predicted molar refractivity (Wildman–Crippen MR) is 108 cm³/mol. The predicted octanol–water partition coefficient (Wildman–Crippen LogP) is 4.07. The van der Waals surface area contributed by atoms with E-state index in [2.05, 4.69) is 40.5 Å². The number of carbonyl (C=O) groups excluding carboxylic acids is 1. The molecule has 0 radical (unpaired) electrons. The molecule has 2 aliphatic rings. The number of amides is 1. The summed E-state index contributed by atoms with van der Waals surface area (Å²) in [6, 6.07) is 16.5. The van der Waals surface area contributed by atoms with Gasteiger partial charge in [-0.1, -0.05) is 18.2 Å². The zero-order valence-corrected chi connectivity index (χ0v) is 15.4. The Bertz CT molecular complexity index is 765. The summed E-state index contributed by atoms with van der Waals surface area (Å²) >= 11 is 0. The van der Waals surface area contributed by atoms with E-state index in [1.54, 1.807) is 0 Å². The van der Waals surface area contributed by atoms with E-state index in [0.717, 1.165) is 37.4 Å². The van der Waals surface area contributed by atoms with Gasteiger partial charge < -0.3 is 15.1 Å². The minimum atomic E-state index is -0.248. The SMILES string of the molecule is C[C@H](Nc1ccc(N2CCCCC2)cc1)C(=O)N1CCc2ccccc21. The number of anilines is 3. The van der Waals surface area contributed by atoms with Gasteiger partial charge in [0.2, 0.25) is 5.91 Å². The normalized spacial score (nSPS) is 17.7. The second-order valence-corrected chi connectivity index (χ2v) is 7.33. The Morgan fingerprint density at radius 2 is 1.69 bits per heavy atom. The number of hydrogen-bond acceptors (Lipinski definition) is 3. The molecular weight excluding hydrogens is 322 g/mol. The summed E-state index contributed by atoms with van der Waals surface area (Å²) in [5, 5.41) is 3.37. The first kappa shape index (κ1) is 17.0. The molecule has 0 aromatic heterocycles. The Labute approximate surface area is 155 Å². The molecule has 1 fully saturated rings. The molecule has 4 nitrogen and oxygen atoms in total. The third-order valence-electron chi connectivity index (χ3n) is 5.50. The van der Waals surface area contributed by atoms with Crippen molar-refractivity contribution in [2.45, 2.75) is 38.6 Å². The van der Waals surface area contributed by atoms with Crippen LogP contribution in [0, 0.1) is 0 Å². The molecule has 1 N–H and O–H groups in total. The molecule has 1 amide bonds. The Hall–Kier alpha value is -2.49. The van der Waals surface area contributed by atoms with Crippen molar-refractivity contribution >= 4 is 23.0 Å². The number of benzene rings is 2. The van der Waals surface area contributed by atoms with Gasteiger partial charge >= 0.3 is 0 Å². The summed E-state index contributed by atoms with van der Waals surface area (Å²) in [5.74, 6) is 0.134. The molecule has 2 aromatic carbocycles. The first-order valence-corrected chi connectivity index (χ1v) is 9.73. The lowest BCUT2D eigenvalue weighted by Gasteiger charge is -2.29. The van der Waals surface area contributed by atoms with Gasteiger partial charge in [0.15, 0.2) is 0 Å². The van der Waals surface area contributed by atoms with E-state index in [9.17, 15) is 4.79 Å². The fraction of sp³-hybridized carbons (Fsp3) is 0.409. The van der Waals surface area contributed by atoms with E-state index >= 15 is 0 Å². The van der Waals surface area contributed by atoms with Crippen molar-refractivity contribution in [2.75, 3.05) is 34.8 Å². The quantitative estimate of drug-likeness (QED) is 0.904. The number of rotatable bonds is 4. The lowest BCUT2D eigenvalue weighted by Crippen LogP contribution is -2.40. The van der Waals surface area contributed by atoms with Gasteiger partial charge in [0.05, 0.1) is 0 Å². The Kier molecular flexibility index (Phi) is 4.83. The highest BCUT2D eigenvalue weighted by Crippen LogP contribution is 2.28. The molecule has 0 unspecified atom stereocenters. The van der Waals surface area contributed by atoms with Gasteiger partial charge in [-0.05, 0) is 68.5 Å². The van der Waals surface area contributed by atoms with Gasteiger partial charge in [0, 0.05) is 36.7 Å². The monoisotopic (exact) mass is 349 g/mol. The second-order valence-electron chi connectivity index (χ2n) is 7.33. The summed E-state index contributed by atoms with van der Waals surface area (Å²) in [6.45, 7) is 5.02. The van der Waals surface area contributed by atoms with Crippen LogP contribution in [0.25, 0.3) is 0 Å². The molecule has 0 bridgehead atoms. The minimum Gasteiger partial charge on any atom is -0.374 e. The molecule has 26 heavy (non-hydrogen) atoms. The summed E-state index contributed by atoms with van der Waals surface area (Å²) < 4.78 is 0. The molecule has 4 heteroatoms. The minimum absolute atomic E-state index is 0.134. The topological polar surface area (TPSA) is 35.6 Å². The number of nitrogens with zero attached hydrogens (tertiary/aromatic N) is 2. The van der Waals surface area contributed by atoms with Crippen LogP contribution in [0.1, 0.15) is 31.7 Å². The summed E-state index contributed by atoms with van der Waals surface area (Å²) in [7, 11) is 0. The number of hydrogen-bond donors (Lipinski definition) is 1. The maximum atomic E-state index is 12.9. The largest absolute Gasteiger partial charge is 0.374 e. The van der Waals surface area contributed by atoms with E-state index in [-0.39, 0.29) is 11.9 Å². The molecule has 2 heterocycles. The Morgan fingerprint density at radius 1 is 0.962 bits per heavy atom. The second kappa shape index (κ2) is 7.40. The van der Waals surface area contributed by atoms with E-state index in [0.29, 0.717) is 0 Å². The van der Waals surface area contributed by atoms with Crippen molar-refractivity contribution < 1.29 is 4.79 Å². The lowest BCUT2D eigenvalue weighted by atomic mass is 10.1. The molecule has 0 saturated carbocycles. The van der Waals surface area contributed by atoms with E-state index < -0.39 is 0 Å². The highest BCUT2D eigenvalue weighted by molar-refractivity contribution is 6.00. The fourth-order valence-electron chi connectivity index (χ4n) is 4.03. The van der Waals surface area contributed by atoms with Crippen LogP contribution in [0.4, 0.5) is 17.1 Å². The van der Waals surface area contributed by atoms with E-state index in [1.807, 2.05) is 30.0 Å². The van der Waals surface area contributed by atoms with Gasteiger partial charge in [0.25, 0.3) is 0 Å². The highest BCUT2D eigenvalue weighted by Gasteiger charge is 2.27. The van der Waals surface area contributed by atoms with Crippen molar-refractivity contribution in [2.24, 2.45) is 0 Å². The molecule has 1 saturated heterocycles. The number of para-hydroxylation sites is 1. The fourth-order valence-corrected chi connectivity index (χ4v) is 4.03. The Balaban J connectivity index is 1.40. The standard InChI is InChI=1S/C22H27N3O/c1-17(22(26)25-16-13-18-7-3-4-8-21(18)25)23-19-9-11-20(12-10-19)24-14-5-2-6-15-24/h3-4,7-12,17,23H,2,5-6,13-16H2,1H3/t17-/m0/s1. The van der Waals surface area contributed by atoms with Gasteiger partial charge in [-0.25, -0.2) is 0 Å². The number of nitrogens with one attached hydrogen (secondary N) is 1. The van der Waals surface area contributed by atoms with Crippen LogP contribution in [-0.2, 0) is 11.2 Å². The van der Waals surface area contributed by atoms with E-state index in [4.69, 9.17) is 0 Å². The molecule has 0 spiro atoms. The van der Waals surface area contributed by atoms with Crippen LogP contribution in [0.2, 0.25) is 0 Å². The van der Waals surface area contributed by atoms with Gasteiger partial charge in [0.1, 0.15) is 6.04 Å². The van der Waals surface area contributed by atoms with Crippen LogP contribution in [0.3, 0.4) is 0 Å². The Morgan fingerprint density at radius 3 is 2.46 bits per heavy atom. The zero-order chi connectivity index (χ0) is 17.9. The smallest absolute Gasteiger partial charge is 0.249 e. The molecular formula is C22H27N3O. The van der Waals surface area contributed by atoms with E-state index in [1.165, 1.54) is 30.5 Å². The number of piperidine rings is 1. The van der Waals surface area contributed by atoms with Crippen LogP contribution in [0.15, 0.2) is 48.5 Å². The van der Waals surface area contributed by atoms with Crippen LogP contribution >= 0.6 is 0 Å². The molecule has 2 aliphatic heterocycles. The maximum Gasteiger partial charge on any atom is 0.249 e. The zero-order valence-electron chi connectivity index (χ0n) is 15.4. The van der Waals surface area contributed by atoms with Crippen molar-refractivity contribution in [3.8, 4) is 0 Å². The molecule has 136 valence electrons. The number of fused-ring (bicyclic) bond motifs is 1. The van der Waals surface area contributed by atoms with Gasteiger partial charge in [-0.2, -0.15) is 0 Å².